The van der Waals surface area contributed by atoms with Crippen molar-refractivity contribution in [1.82, 2.24) is 5.32 Å². The molecule has 0 aliphatic carbocycles. The van der Waals surface area contributed by atoms with Crippen LogP contribution in [-0.4, -0.2) is 25.5 Å². The van der Waals surface area contributed by atoms with Crippen LogP contribution in [0.15, 0.2) is 48.5 Å². The fraction of sp³-hybridized carbons (Fsp3) is 0.300. The molecule has 0 aliphatic heterocycles. The fourth-order valence-electron chi connectivity index (χ4n) is 2.32. The van der Waals surface area contributed by atoms with E-state index in [4.69, 9.17) is 11.6 Å². The Morgan fingerprint density at radius 3 is 2.23 bits per heavy atom. The molecule has 26 heavy (non-hydrogen) atoms. The van der Waals surface area contributed by atoms with E-state index in [0.717, 1.165) is 12.1 Å². The van der Waals surface area contributed by atoms with Gasteiger partial charge in [0.05, 0.1) is 0 Å². The molecule has 0 saturated heterocycles. The second-order valence-electron chi connectivity index (χ2n) is 6.48. The van der Waals surface area contributed by atoms with Gasteiger partial charge in [0.15, 0.2) is 0 Å². The molecule has 0 fully saturated rings. The minimum Gasteiger partial charge on any atom is -0.338 e. The summed E-state index contributed by atoms with van der Waals surface area (Å²) >= 11 is 5.85. The normalized spacial score (nSPS) is 10.5. The van der Waals surface area contributed by atoms with Crippen LogP contribution in [0.5, 0.6) is 0 Å². The third-order valence-electron chi connectivity index (χ3n) is 3.92. The van der Waals surface area contributed by atoms with Crippen LogP contribution in [0, 0.1) is 5.92 Å². The van der Waals surface area contributed by atoms with Crippen molar-refractivity contribution in [2.45, 2.75) is 20.3 Å². The number of amides is 3. The van der Waals surface area contributed by atoms with Crippen molar-refractivity contribution in [3.8, 4) is 0 Å². The molecular weight excluding hydrogens is 350 g/mol. The Bertz CT molecular complexity index is 743. The lowest BCUT2D eigenvalue weighted by Gasteiger charge is -2.18. The molecule has 2 aromatic rings. The number of carbonyl (C=O) groups excluding carboxylic acids is 2. The van der Waals surface area contributed by atoms with E-state index >= 15 is 0 Å². The average molecular weight is 374 g/mol. The van der Waals surface area contributed by atoms with Gasteiger partial charge in [0.25, 0.3) is 5.91 Å². The molecule has 2 aromatic carbocycles. The summed E-state index contributed by atoms with van der Waals surface area (Å²) in [6, 6.07) is 13.6. The number of hydrogen-bond acceptors (Lipinski definition) is 2. The van der Waals surface area contributed by atoms with Crippen LogP contribution in [0.3, 0.4) is 0 Å². The number of nitrogens with zero attached hydrogens (tertiary/aromatic N) is 1. The van der Waals surface area contributed by atoms with E-state index in [1.165, 1.54) is 0 Å². The number of carbonyl (C=O) groups is 2. The van der Waals surface area contributed by atoms with E-state index in [-0.39, 0.29) is 11.9 Å². The van der Waals surface area contributed by atoms with Gasteiger partial charge in [-0.3, -0.25) is 4.79 Å². The van der Waals surface area contributed by atoms with Crippen molar-refractivity contribution < 1.29 is 9.59 Å². The van der Waals surface area contributed by atoms with Crippen molar-refractivity contribution in [3.63, 3.8) is 0 Å². The molecule has 6 heteroatoms. The number of anilines is 2. The summed E-state index contributed by atoms with van der Waals surface area (Å²) in [6.07, 6.45) is 0.934. The molecule has 0 atom stereocenters. The Balaban J connectivity index is 1.94. The third-order valence-corrected chi connectivity index (χ3v) is 4.17. The van der Waals surface area contributed by atoms with Gasteiger partial charge in [-0.05, 0) is 60.9 Å². The molecule has 0 spiro atoms. The number of hydrogen-bond donors (Lipinski definition) is 2. The highest BCUT2D eigenvalue weighted by molar-refractivity contribution is 6.30. The van der Waals surface area contributed by atoms with Gasteiger partial charge in [-0.1, -0.05) is 25.4 Å². The first-order chi connectivity index (χ1) is 12.4. The molecule has 3 amide bonds. The molecule has 0 heterocycles. The number of rotatable bonds is 6. The Labute approximate surface area is 159 Å². The molecular formula is C20H24ClN3O2. The predicted octanol–water partition coefficient (Wildman–Crippen LogP) is 4.78. The smallest absolute Gasteiger partial charge is 0.319 e. The molecule has 0 aromatic heterocycles. The van der Waals surface area contributed by atoms with Crippen molar-refractivity contribution in [1.29, 1.82) is 0 Å². The van der Waals surface area contributed by atoms with Gasteiger partial charge < -0.3 is 15.5 Å². The number of urea groups is 1. The molecule has 2 rings (SSSR count). The van der Waals surface area contributed by atoms with Crippen molar-refractivity contribution in [2.24, 2.45) is 5.92 Å². The standard InChI is InChI=1S/C20H24ClN3O2/c1-14(2)12-13-22-20(26)23-17-8-10-18(11-9-17)24(3)19(25)15-4-6-16(21)7-5-15/h4-11,14H,12-13H2,1-3H3,(H2,22,23,26). The Morgan fingerprint density at radius 1 is 1.04 bits per heavy atom. The molecule has 5 nitrogen and oxygen atoms in total. The average Bonchev–Trinajstić information content (AvgIpc) is 2.61. The monoisotopic (exact) mass is 373 g/mol. The van der Waals surface area contributed by atoms with Crippen LogP contribution < -0.4 is 15.5 Å². The van der Waals surface area contributed by atoms with Crippen molar-refractivity contribution >= 4 is 34.9 Å². The van der Waals surface area contributed by atoms with Crippen LogP contribution in [0.1, 0.15) is 30.6 Å². The fourth-order valence-corrected chi connectivity index (χ4v) is 2.45. The molecule has 0 radical (unpaired) electrons. The van der Waals surface area contributed by atoms with Crippen LogP contribution in [-0.2, 0) is 0 Å². The SMILES string of the molecule is CC(C)CCNC(=O)Nc1ccc(N(C)C(=O)c2ccc(Cl)cc2)cc1. The summed E-state index contributed by atoms with van der Waals surface area (Å²) in [5.74, 6) is 0.414. The van der Waals surface area contributed by atoms with Gasteiger partial charge in [-0.15, -0.1) is 0 Å². The first kappa shape index (κ1) is 19.8. The lowest BCUT2D eigenvalue weighted by atomic mass is 10.1. The molecule has 2 N–H and O–H groups in total. The van der Waals surface area contributed by atoms with Gasteiger partial charge in [0, 0.05) is 35.6 Å². The maximum Gasteiger partial charge on any atom is 0.319 e. The molecule has 0 aliphatic rings. The summed E-state index contributed by atoms with van der Waals surface area (Å²) in [5, 5.41) is 6.19. The van der Waals surface area contributed by atoms with E-state index < -0.39 is 0 Å². The second kappa shape index (κ2) is 9.25. The zero-order valence-electron chi connectivity index (χ0n) is 15.3. The van der Waals surface area contributed by atoms with E-state index in [1.807, 2.05) is 0 Å². The first-order valence-electron chi connectivity index (χ1n) is 8.55. The summed E-state index contributed by atoms with van der Waals surface area (Å²) in [7, 11) is 1.71. The molecule has 138 valence electrons. The lowest BCUT2D eigenvalue weighted by Crippen LogP contribution is -2.30. The van der Waals surface area contributed by atoms with Crippen molar-refractivity contribution in [3.05, 3.63) is 59.1 Å². The minimum absolute atomic E-state index is 0.131. The highest BCUT2D eigenvalue weighted by atomic mass is 35.5. The quantitative estimate of drug-likeness (QED) is 0.765. The topological polar surface area (TPSA) is 61.4 Å². The zero-order valence-corrected chi connectivity index (χ0v) is 16.0. The van der Waals surface area contributed by atoms with E-state index in [2.05, 4.69) is 24.5 Å². The maximum atomic E-state index is 12.5. The second-order valence-corrected chi connectivity index (χ2v) is 6.92. The lowest BCUT2D eigenvalue weighted by molar-refractivity contribution is 0.0993. The first-order valence-corrected chi connectivity index (χ1v) is 8.93. The molecule has 0 unspecified atom stereocenters. The van der Waals surface area contributed by atoms with Gasteiger partial charge in [0.1, 0.15) is 0 Å². The highest BCUT2D eigenvalue weighted by Gasteiger charge is 2.13. The largest absolute Gasteiger partial charge is 0.338 e. The Hall–Kier alpha value is -2.53. The molecule has 0 bridgehead atoms. The summed E-state index contributed by atoms with van der Waals surface area (Å²) in [6.45, 7) is 4.86. The maximum absolute atomic E-state index is 12.5. The van der Waals surface area contributed by atoms with E-state index in [1.54, 1.807) is 60.5 Å². The highest BCUT2D eigenvalue weighted by Crippen LogP contribution is 2.19. The number of benzene rings is 2. The Morgan fingerprint density at radius 2 is 1.65 bits per heavy atom. The Kier molecular flexibility index (Phi) is 7.04. The van der Waals surface area contributed by atoms with Crippen LogP contribution in [0.25, 0.3) is 0 Å². The van der Waals surface area contributed by atoms with Gasteiger partial charge >= 0.3 is 6.03 Å². The van der Waals surface area contributed by atoms with Gasteiger partial charge in [-0.25, -0.2) is 4.79 Å². The van der Waals surface area contributed by atoms with Crippen LogP contribution in [0.4, 0.5) is 16.2 Å². The predicted molar refractivity (Wildman–Crippen MR) is 107 cm³/mol. The van der Waals surface area contributed by atoms with Gasteiger partial charge in [-0.2, -0.15) is 0 Å². The van der Waals surface area contributed by atoms with Gasteiger partial charge in [0.2, 0.25) is 0 Å². The van der Waals surface area contributed by atoms with Crippen LogP contribution in [0.2, 0.25) is 5.02 Å². The van der Waals surface area contributed by atoms with E-state index in [9.17, 15) is 9.59 Å². The van der Waals surface area contributed by atoms with Crippen LogP contribution >= 0.6 is 11.6 Å². The number of halogens is 1. The summed E-state index contributed by atoms with van der Waals surface area (Å²) in [4.78, 5) is 25.9. The summed E-state index contributed by atoms with van der Waals surface area (Å²) < 4.78 is 0. The van der Waals surface area contributed by atoms with Crippen molar-refractivity contribution in [2.75, 3.05) is 23.8 Å². The summed E-state index contributed by atoms with van der Waals surface area (Å²) in [5.41, 5.74) is 1.96. The minimum atomic E-state index is -0.232. The third kappa shape index (κ3) is 5.77. The number of nitrogens with one attached hydrogen (secondary N) is 2. The van der Waals surface area contributed by atoms with E-state index in [0.29, 0.717) is 28.7 Å². The zero-order chi connectivity index (χ0) is 19.1. The molecule has 0 saturated carbocycles.